The number of benzene rings is 1. The van der Waals surface area contributed by atoms with Gasteiger partial charge in [0.15, 0.2) is 0 Å². The van der Waals surface area contributed by atoms with E-state index in [9.17, 15) is 5.11 Å². The van der Waals surface area contributed by atoms with Gasteiger partial charge in [0.1, 0.15) is 17.1 Å². The number of hydrogen-bond donors (Lipinski definition) is 1. The van der Waals surface area contributed by atoms with E-state index in [0.29, 0.717) is 5.75 Å². The molecular formula is C19H28O2. The van der Waals surface area contributed by atoms with Gasteiger partial charge in [-0.05, 0) is 83.9 Å². The third kappa shape index (κ3) is 3.09. The van der Waals surface area contributed by atoms with Crippen molar-refractivity contribution in [2.75, 3.05) is 0 Å². The Bertz CT molecular complexity index is 580. The van der Waals surface area contributed by atoms with Gasteiger partial charge >= 0.3 is 0 Å². The Morgan fingerprint density at radius 2 is 1.86 bits per heavy atom. The van der Waals surface area contributed by atoms with Crippen LogP contribution in [0.25, 0.3) is 0 Å². The zero-order valence-electron chi connectivity index (χ0n) is 14.3. The van der Waals surface area contributed by atoms with Crippen molar-refractivity contribution in [3.63, 3.8) is 0 Å². The molecule has 0 amide bonds. The third-order valence-corrected chi connectivity index (χ3v) is 4.82. The van der Waals surface area contributed by atoms with Crippen LogP contribution in [0.15, 0.2) is 11.6 Å². The fourth-order valence-electron chi connectivity index (χ4n) is 3.14. The second-order valence-electron chi connectivity index (χ2n) is 6.90. The first kappa shape index (κ1) is 15.9. The lowest BCUT2D eigenvalue weighted by Crippen LogP contribution is -2.37. The Morgan fingerprint density at radius 1 is 1.19 bits per heavy atom. The van der Waals surface area contributed by atoms with Crippen LogP contribution in [0.1, 0.15) is 62.3 Å². The first-order valence-corrected chi connectivity index (χ1v) is 7.89. The molecule has 21 heavy (non-hydrogen) atoms. The number of ether oxygens (including phenoxy) is 1. The van der Waals surface area contributed by atoms with Crippen molar-refractivity contribution in [1.82, 2.24) is 0 Å². The number of phenolic OH excluding ortho intramolecular Hbond substituents is 1. The smallest absolute Gasteiger partial charge is 0.127 e. The standard InChI is InChI=1S/C19H28O2/c1-12(2)8-7-10-19(6)11-9-16-15(5)17(20)13(3)14(4)18(16)21-19/h8,20H,7,9-11H2,1-6H3/t19-/m0/s1. The summed E-state index contributed by atoms with van der Waals surface area (Å²) in [5.74, 6) is 1.44. The van der Waals surface area contributed by atoms with Crippen molar-refractivity contribution in [3.8, 4) is 11.5 Å². The minimum absolute atomic E-state index is 0.0977. The van der Waals surface area contributed by atoms with Gasteiger partial charge in [-0.2, -0.15) is 0 Å². The maximum Gasteiger partial charge on any atom is 0.127 e. The summed E-state index contributed by atoms with van der Waals surface area (Å²) in [5.41, 5.74) is 5.47. The van der Waals surface area contributed by atoms with Crippen molar-refractivity contribution < 1.29 is 9.84 Å². The third-order valence-electron chi connectivity index (χ3n) is 4.82. The van der Waals surface area contributed by atoms with Crippen LogP contribution < -0.4 is 4.74 Å². The number of hydrogen-bond acceptors (Lipinski definition) is 2. The molecule has 1 atom stereocenters. The predicted octanol–water partition coefficient (Wildman–Crippen LogP) is 5.15. The molecule has 0 aliphatic carbocycles. The Hall–Kier alpha value is -1.44. The molecule has 0 aromatic heterocycles. The van der Waals surface area contributed by atoms with Gasteiger partial charge in [-0.15, -0.1) is 0 Å². The van der Waals surface area contributed by atoms with Gasteiger partial charge in [-0.25, -0.2) is 0 Å². The van der Waals surface area contributed by atoms with Gasteiger partial charge in [-0.3, -0.25) is 0 Å². The highest BCUT2D eigenvalue weighted by molar-refractivity contribution is 5.58. The molecule has 0 unspecified atom stereocenters. The molecule has 0 spiro atoms. The van der Waals surface area contributed by atoms with E-state index in [1.807, 2.05) is 13.8 Å². The molecule has 0 fully saturated rings. The van der Waals surface area contributed by atoms with E-state index in [-0.39, 0.29) is 5.60 Å². The minimum Gasteiger partial charge on any atom is -0.507 e. The van der Waals surface area contributed by atoms with E-state index in [0.717, 1.165) is 48.1 Å². The van der Waals surface area contributed by atoms with Crippen LogP contribution in [-0.2, 0) is 6.42 Å². The summed E-state index contributed by atoms with van der Waals surface area (Å²) in [7, 11) is 0. The van der Waals surface area contributed by atoms with Gasteiger partial charge < -0.3 is 9.84 Å². The summed E-state index contributed by atoms with van der Waals surface area (Å²) in [6, 6.07) is 0. The van der Waals surface area contributed by atoms with E-state index >= 15 is 0 Å². The largest absolute Gasteiger partial charge is 0.507 e. The van der Waals surface area contributed by atoms with Gasteiger partial charge in [0.05, 0.1) is 0 Å². The van der Waals surface area contributed by atoms with Crippen molar-refractivity contribution in [1.29, 1.82) is 0 Å². The Labute approximate surface area is 128 Å². The number of rotatable bonds is 3. The summed E-state index contributed by atoms with van der Waals surface area (Å²) >= 11 is 0. The number of allylic oxidation sites excluding steroid dienone is 2. The van der Waals surface area contributed by atoms with E-state index in [1.165, 1.54) is 11.1 Å². The van der Waals surface area contributed by atoms with Gasteiger partial charge in [0.25, 0.3) is 0 Å². The topological polar surface area (TPSA) is 29.5 Å². The Morgan fingerprint density at radius 3 is 2.48 bits per heavy atom. The zero-order chi connectivity index (χ0) is 15.8. The molecule has 1 heterocycles. The van der Waals surface area contributed by atoms with Crippen LogP contribution in [-0.4, -0.2) is 10.7 Å². The SMILES string of the molecule is CC(C)=CCC[C@@]1(C)CCc2c(C)c(O)c(C)c(C)c2O1. The number of fused-ring (bicyclic) bond motifs is 1. The maximum atomic E-state index is 10.2. The molecule has 1 N–H and O–H groups in total. The van der Waals surface area contributed by atoms with Crippen LogP contribution in [0.3, 0.4) is 0 Å². The average Bonchev–Trinajstić information content (AvgIpc) is 2.42. The Balaban J connectivity index is 2.30. The summed E-state index contributed by atoms with van der Waals surface area (Å²) < 4.78 is 6.41. The van der Waals surface area contributed by atoms with E-state index in [2.05, 4.69) is 33.8 Å². The highest BCUT2D eigenvalue weighted by atomic mass is 16.5. The average molecular weight is 288 g/mol. The molecule has 2 heteroatoms. The van der Waals surface area contributed by atoms with E-state index in [1.54, 1.807) is 0 Å². The molecule has 0 radical (unpaired) electrons. The molecule has 2 rings (SSSR count). The second-order valence-corrected chi connectivity index (χ2v) is 6.90. The lowest BCUT2D eigenvalue weighted by molar-refractivity contribution is 0.0558. The van der Waals surface area contributed by atoms with Crippen LogP contribution in [0.5, 0.6) is 11.5 Å². The van der Waals surface area contributed by atoms with E-state index < -0.39 is 0 Å². The molecule has 0 saturated carbocycles. The van der Waals surface area contributed by atoms with Crippen LogP contribution in [0, 0.1) is 20.8 Å². The number of phenols is 1. The predicted molar refractivity (Wildman–Crippen MR) is 88.3 cm³/mol. The monoisotopic (exact) mass is 288 g/mol. The van der Waals surface area contributed by atoms with Crippen molar-refractivity contribution in [2.24, 2.45) is 0 Å². The minimum atomic E-state index is -0.0977. The van der Waals surface area contributed by atoms with Gasteiger partial charge in [-0.1, -0.05) is 11.6 Å². The quantitative estimate of drug-likeness (QED) is 0.780. The summed E-state index contributed by atoms with van der Waals surface area (Å²) in [5, 5.41) is 10.2. The zero-order valence-corrected chi connectivity index (χ0v) is 14.3. The van der Waals surface area contributed by atoms with Crippen molar-refractivity contribution >= 4 is 0 Å². The molecular weight excluding hydrogens is 260 g/mol. The fraction of sp³-hybridized carbons (Fsp3) is 0.579. The summed E-state index contributed by atoms with van der Waals surface area (Å²) in [6.45, 7) is 12.5. The van der Waals surface area contributed by atoms with Crippen molar-refractivity contribution in [2.45, 2.75) is 72.8 Å². The molecule has 0 bridgehead atoms. The fourth-order valence-corrected chi connectivity index (χ4v) is 3.14. The first-order chi connectivity index (χ1) is 9.75. The molecule has 1 aliphatic heterocycles. The lowest BCUT2D eigenvalue weighted by Gasteiger charge is -2.38. The van der Waals surface area contributed by atoms with Gasteiger partial charge in [0.2, 0.25) is 0 Å². The van der Waals surface area contributed by atoms with Crippen LogP contribution in [0.2, 0.25) is 0 Å². The highest BCUT2D eigenvalue weighted by Gasteiger charge is 2.33. The number of aromatic hydroxyl groups is 1. The van der Waals surface area contributed by atoms with Crippen molar-refractivity contribution in [3.05, 3.63) is 33.9 Å². The lowest BCUT2D eigenvalue weighted by atomic mass is 9.85. The van der Waals surface area contributed by atoms with Crippen LogP contribution >= 0.6 is 0 Å². The molecule has 1 aromatic carbocycles. The normalized spacial score (nSPS) is 20.7. The second kappa shape index (κ2) is 5.75. The molecule has 1 aromatic rings. The Kier molecular flexibility index (Phi) is 4.36. The molecule has 0 saturated heterocycles. The van der Waals surface area contributed by atoms with E-state index in [4.69, 9.17) is 4.74 Å². The molecule has 2 nitrogen and oxygen atoms in total. The first-order valence-electron chi connectivity index (χ1n) is 7.89. The molecule has 116 valence electrons. The summed E-state index contributed by atoms with van der Waals surface area (Å²) in [4.78, 5) is 0. The highest BCUT2D eigenvalue weighted by Crippen LogP contribution is 2.44. The van der Waals surface area contributed by atoms with Crippen LogP contribution in [0.4, 0.5) is 0 Å². The van der Waals surface area contributed by atoms with Gasteiger partial charge in [0, 0.05) is 5.56 Å². The summed E-state index contributed by atoms with van der Waals surface area (Å²) in [6.07, 6.45) is 6.38. The molecule has 1 aliphatic rings. The maximum absolute atomic E-state index is 10.2.